The van der Waals surface area contributed by atoms with E-state index < -0.39 is 0 Å². The number of guanidine groups is 4. The Labute approximate surface area is 236 Å². The summed E-state index contributed by atoms with van der Waals surface area (Å²) in [5.41, 5.74) is 8.43. The van der Waals surface area contributed by atoms with Gasteiger partial charge in [0.05, 0.1) is 6.67 Å². The lowest BCUT2D eigenvalue weighted by molar-refractivity contribution is 0.343. The molecule has 2 aliphatic rings. The van der Waals surface area contributed by atoms with Gasteiger partial charge >= 0.3 is 0 Å². The topological polar surface area (TPSA) is 105 Å². The van der Waals surface area contributed by atoms with Crippen LogP contribution in [0.3, 0.4) is 0 Å². The maximum atomic E-state index is 5.88. The third kappa shape index (κ3) is 6.92. The van der Waals surface area contributed by atoms with E-state index in [1.807, 2.05) is 32.2 Å². The van der Waals surface area contributed by atoms with Gasteiger partial charge in [0.1, 0.15) is 12.3 Å². The molecule has 2 unspecified atom stereocenters. The molecule has 0 saturated heterocycles. The average Bonchev–Trinajstić information content (AvgIpc) is 3.46. The minimum absolute atomic E-state index is 0.130. The van der Waals surface area contributed by atoms with Gasteiger partial charge in [-0.15, -0.1) is 11.3 Å². The van der Waals surface area contributed by atoms with Crippen LogP contribution in [0.2, 0.25) is 0 Å². The van der Waals surface area contributed by atoms with E-state index in [-0.39, 0.29) is 12.3 Å². The molecule has 2 aromatic heterocycles. The average molecular weight is 554 g/mol. The van der Waals surface area contributed by atoms with Gasteiger partial charge in [0.25, 0.3) is 0 Å². The Balaban J connectivity index is 1.35. The first kappa shape index (κ1) is 28.5. The molecule has 0 aromatic carbocycles. The van der Waals surface area contributed by atoms with Crippen LogP contribution in [-0.4, -0.2) is 102 Å². The number of thiophene rings is 1. The summed E-state index contributed by atoms with van der Waals surface area (Å²) in [5.74, 6) is 3.02. The van der Waals surface area contributed by atoms with Crippen molar-refractivity contribution < 1.29 is 0 Å². The van der Waals surface area contributed by atoms with Crippen LogP contribution in [-0.2, 0) is 19.5 Å². The summed E-state index contributed by atoms with van der Waals surface area (Å²) in [6, 6.07) is 6.61. The fraction of sp³-hybridized carbons (Fsp3) is 0.556. The molecule has 0 bridgehead atoms. The molecular formula is C27H43N11S. The molecule has 0 aliphatic carbocycles. The van der Waals surface area contributed by atoms with Crippen LogP contribution in [0.25, 0.3) is 0 Å². The third-order valence-electron chi connectivity index (χ3n) is 7.05. The number of hydrogen-bond acceptors (Lipinski definition) is 11. The Morgan fingerprint density at radius 1 is 0.897 bits per heavy atom. The predicted octanol–water partition coefficient (Wildman–Crippen LogP) is 2.33. The lowest BCUT2D eigenvalue weighted by Gasteiger charge is -2.37. The zero-order valence-electron chi connectivity index (χ0n) is 24.5. The number of aryl methyl sites for hydroxylation is 1. The van der Waals surface area contributed by atoms with Gasteiger partial charge in [-0.25, -0.2) is 20.0 Å². The summed E-state index contributed by atoms with van der Waals surface area (Å²) in [7, 11) is 8.27. The van der Waals surface area contributed by atoms with Gasteiger partial charge in [-0.2, -0.15) is 0 Å². The summed E-state index contributed by atoms with van der Waals surface area (Å²) in [6.45, 7) is 10.7. The summed E-state index contributed by atoms with van der Waals surface area (Å²) in [4.78, 5) is 29.8. The molecule has 3 N–H and O–H groups in total. The van der Waals surface area contributed by atoms with E-state index in [2.05, 4.69) is 98.9 Å². The molecule has 12 heteroatoms. The third-order valence-corrected chi connectivity index (χ3v) is 8.11. The molecule has 2 aromatic rings. The summed E-state index contributed by atoms with van der Waals surface area (Å²) in [5, 5.41) is 3.06. The van der Waals surface area contributed by atoms with E-state index in [0.29, 0.717) is 12.6 Å². The molecule has 2 aliphatic heterocycles. The van der Waals surface area contributed by atoms with Crippen LogP contribution in [0.5, 0.6) is 0 Å². The Hall–Kier alpha value is -3.54. The minimum Gasteiger partial charge on any atom is -0.370 e. The molecule has 11 nitrogen and oxygen atoms in total. The quantitative estimate of drug-likeness (QED) is 0.520. The maximum absolute atomic E-state index is 5.88. The van der Waals surface area contributed by atoms with Crippen LogP contribution in [0.1, 0.15) is 34.9 Å². The Bertz CT molecular complexity index is 1270. The van der Waals surface area contributed by atoms with Gasteiger partial charge in [-0.3, -0.25) is 10.2 Å². The number of nitrogens with two attached hydrogens (primary N) is 1. The molecule has 2 atom stereocenters. The van der Waals surface area contributed by atoms with Gasteiger partial charge in [0.15, 0.2) is 5.96 Å². The normalized spacial score (nSPS) is 19.1. The molecule has 0 spiro atoms. The number of nitrogens with zero attached hydrogens (tertiary/aromatic N) is 9. The smallest absolute Gasteiger partial charge is 0.206 e. The summed E-state index contributed by atoms with van der Waals surface area (Å²) in [6.07, 6.45) is 3.76. The van der Waals surface area contributed by atoms with Crippen molar-refractivity contribution in [3.8, 4) is 0 Å². The minimum atomic E-state index is -0.166. The lowest BCUT2D eigenvalue weighted by atomic mass is 10.2. The number of likely N-dealkylation sites (N-methyl/N-ethyl adjacent to an activating group) is 2. The second-order valence-electron chi connectivity index (χ2n) is 10.4. The van der Waals surface area contributed by atoms with Crippen molar-refractivity contribution in [2.45, 2.75) is 59.5 Å². The van der Waals surface area contributed by atoms with Gasteiger partial charge in [-0.05, 0) is 64.3 Å². The monoisotopic (exact) mass is 553 g/mol. The first-order valence-electron chi connectivity index (χ1n) is 13.4. The number of aliphatic imine (C=N–C) groups is 4. The van der Waals surface area contributed by atoms with Gasteiger partial charge < -0.3 is 25.0 Å². The summed E-state index contributed by atoms with van der Waals surface area (Å²) >= 11 is 1.86. The first-order valence-corrected chi connectivity index (χ1v) is 14.2. The van der Waals surface area contributed by atoms with E-state index in [1.165, 1.54) is 21.0 Å². The highest BCUT2D eigenvalue weighted by atomic mass is 32.1. The zero-order chi connectivity index (χ0) is 28.3. The SMILES string of the molecule is Cc1ccc(CCN(C)C2=NC(C)N=C(N(C)Cn3ccc(CCN(C)C4=NC(C)N=C(N)N4)c3C)N2C)s1. The van der Waals surface area contributed by atoms with E-state index in [0.717, 1.165) is 43.8 Å². The van der Waals surface area contributed by atoms with Crippen molar-refractivity contribution in [2.75, 3.05) is 41.3 Å². The van der Waals surface area contributed by atoms with Gasteiger partial charge in [0, 0.05) is 62.9 Å². The molecule has 0 fully saturated rings. The molecule has 4 heterocycles. The molecule has 0 amide bonds. The zero-order valence-corrected chi connectivity index (χ0v) is 25.3. The van der Waals surface area contributed by atoms with Crippen molar-refractivity contribution >= 4 is 35.2 Å². The van der Waals surface area contributed by atoms with E-state index in [4.69, 9.17) is 15.7 Å². The molecule has 212 valence electrons. The number of nitrogens with one attached hydrogen (secondary N) is 1. The number of aromatic nitrogens is 1. The van der Waals surface area contributed by atoms with Crippen molar-refractivity contribution in [3.05, 3.63) is 45.4 Å². The predicted molar refractivity (Wildman–Crippen MR) is 162 cm³/mol. The second kappa shape index (κ2) is 12.1. The van der Waals surface area contributed by atoms with Crippen LogP contribution in [0.15, 0.2) is 44.4 Å². The molecule has 4 rings (SSSR count). The largest absolute Gasteiger partial charge is 0.370 e. The van der Waals surface area contributed by atoms with Crippen LogP contribution in [0.4, 0.5) is 0 Å². The van der Waals surface area contributed by atoms with E-state index >= 15 is 0 Å². The molecule has 39 heavy (non-hydrogen) atoms. The fourth-order valence-corrected chi connectivity index (χ4v) is 5.69. The number of hydrogen-bond donors (Lipinski definition) is 2. The Morgan fingerprint density at radius 3 is 2.23 bits per heavy atom. The fourth-order valence-electron chi connectivity index (χ4n) is 4.81. The Kier molecular flexibility index (Phi) is 8.83. The second-order valence-corrected chi connectivity index (χ2v) is 11.7. The molecule has 0 radical (unpaired) electrons. The van der Waals surface area contributed by atoms with E-state index in [9.17, 15) is 0 Å². The van der Waals surface area contributed by atoms with Crippen LogP contribution in [0, 0.1) is 13.8 Å². The van der Waals surface area contributed by atoms with Crippen molar-refractivity contribution in [1.82, 2.24) is 29.5 Å². The van der Waals surface area contributed by atoms with Gasteiger partial charge in [-0.1, -0.05) is 0 Å². The van der Waals surface area contributed by atoms with Crippen LogP contribution < -0.4 is 11.1 Å². The highest BCUT2D eigenvalue weighted by Crippen LogP contribution is 2.18. The maximum Gasteiger partial charge on any atom is 0.206 e. The standard InChI is InChI=1S/C27H43N11S/c1-18-9-10-23(39-18)13-15-35(6)26-31-21(4)32-27(37(26)8)36(7)17-38-16-12-22(19(38)2)11-14-34(5)25-30-20(3)29-24(28)33-25/h9-10,12,16,20-21H,11,13-15,17H2,1-8H3,(H3,28,29,30,33). The van der Waals surface area contributed by atoms with Gasteiger partial charge in [0.2, 0.25) is 17.9 Å². The molecule has 0 saturated carbocycles. The lowest BCUT2D eigenvalue weighted by Crippen LogP contribution is -2.52. The highest BCUT2D eigenvalue weighted by molar-refractivity contribution is 7.11. The Morgan fingerprint density at radius 2 is 1.56 bits per heavy atom. The van der Waals surface area contributed by atoms with E-state index in [1.54, 1.807) is 0 Å². The van der Waals surface area contributed by atoms with Crippen molar-refractivity contribution in [3.63, 3.8) is 0 Å². The summed E-state index contributed by atoms with van der Waals surface area (Å²) < 4.78 is 2.27. The van der Waals surface area contributed by atoms with Crippen molar-refractivity contribution in [2.24, 2.45) is 25.7 Å². The highest BCUT2D eigenvalue weighted by Gasteiger charge is 2.26. The number of rotatable bonds is 8. The first-order chi connectivity index (χ1) is 18.5. The molecular weight excluding hydrogens is 510 g/mol. The van der Waals surface area contributed by atoms with Crippen LogP contribution >= 0.6 is 11.3 Å². The van der Waals surface area contributed by atoms with Crippen molar-refractivity contribution in [1.29, 1.82) is 0 Å².